The Morgan fingerprint density at radius 2 is 2.00 bits per heavy atom. The van der Waals surface area contributed by atoms with Gasteiger partial charge < -0.3 is 15.5 Å². The predicted octanol–water partition coefficient (Wildman–Crippen LogP) is 3.89. The molecule has 1 unspecified atom stereocenters. The standard InChI is InChI=1S/C16H17N3O/c1-10-3-7-15(20-10)11(2)18-16-8-4-12-9-13(17)5-6-14(12)19-16/h3-9,11H,17H2,1-2H3,(H,18,19). The molecule has 0 fully saturated rings. The number of benzene rings is 1. The number of rotatable bonds is 3. The minimum absolute atomic E-state index is 0.0717. The van der Waals surface area contributed by atoms with E-state index in [2.05, 4.69) is 10.3 Å². The number of hydrogen-bond donors (Lipinski definition) is 2. The molecule has 1 aromatic carbocycles. The summed E-state index contributed by atoms with van der Waals surface area (Å²) >= 11 is 0. The molecule has 0 aliphatic rings. The van der Waals surface area contributed by atoms with Crippen molar-refractivity contribution in [2.45, 2.75) is 19.9 Å². The number of nitrogens with zero attached hydrogens (tertiary/aromatic N) is 1. The summed E-state index contributed by atoms with van der Waals surface area (Å²) < 4.78 is 5.61. The number of nitrogens with one attached hydrogen (secondary N) is 1. The van der Waals surface area contributed by atoms with Gasteiger partial charge in [0.05, 0.1) is 11.6 Å². The van der Waals surface area contributed by atoms with E-state index in [9.17, 15) is 0 Å². The van der Waals surface area contributed by atoms with Crippen LogP contribution >= 0.6 is 0 Å². The van der Waals surface area contributed by atoms with Crippen LogP contribution in [0.2, 0.25) is 0 Å². The number of nitrogen functional groups attached to an aromatic ring is 1. The number of aryl methyl sites for hydroxylation is 1. The van der Waals surface area contributed by atoms with Gasteiger partial charge in [0.15, 0.2) is 0 Å². The van der Waals surface area contributed by atoms with Crippen LogP contribution in [0.3, 0.4) is 0 Å². The number of aromatic nitrogens is 1. The van der Waals surface area contributed by atoms with Gasteiger partial charge in [-0.15, -0.1) is 0 Å². The van der Waals surface area contributed by atoms with Gasteiger partial charge in [0.2, 0.25) is 0 Å². The van der Waals surface area contributed by atoms with Crippen LogP contribution in [0.25, 0.3) is 10.9 Å². The highest BCUT2D eigenvalue weighted by Gasteiger charge is 2.10. The molecule has 3 aromatic rings. The van der Waals surface area contributed by atoms with Crippen LogP contribution in [0.5, 0.6) is 0 Å². The molecule has 4 heteroatoms. The number of pyridine rings is 1. The van der Waals surface area contributed by atoms with E-state index in [0.717, 1.165) is 33.9 Å². The summed E-state index contributed by atoms with van der Waals surface area (Å²) in [7, 11) is 0. The monoisotopic (exact) mass is 267 g/mol. The second-order valence-electron chi connectivity index (χ2n) is 4.96. The van der Waals surface area contributed by atoms with Crippen molar-refractivity contribution in [2.75, 3.05) is 11.1 Å². The van der Waals surface area contributed by atoms with Crippen LogP contribution in [0.15, 0.2) is 46.9 Å². The lowest BCUT2D eigenvalue weighted by Gasteiger charge is -2.12. The molecule has 0 bridgehead atoms. The first-order chi connectivity index (χ1) is 9.61. The van der Waals surface area contributed by atoms with E-state index in [-0.39, 0.29) is 6.04 Å². The van der Waals surface area contributed by atoms with Crippen LogP contribution in [-0.4, -0.2) is 4.98 Å². The maximum absolute atomic E-state index is 5.77. The zero-order valence-corrected chi connectivity index (χ0v) is 11.6. The van der Waals surface area contributed by atoms with Crippen molar-refractivity contribution in [2.24, 2.45) is 0 Å². The molecule has 20 heavy (non-hydrogen) atoms. The highest BCUT2D eigenvalue weighted by Crippen LogP contribution is 2.22. The largest absolute Gasteiger partial charge is 0.464 e. The quantitative estimate of drug-likeness (QED) is 0.706. The lowest BCUT2D eigenvalue weighted by molar-refractivity contribution is 0.466. The maximum Gasteiger partial charge on any atom is 0.127 e. The molecule has 1 atom stereocenters. The summed E-state index contributed by atoms with van der Waals surface area (Å²) in [4.78, 5) is 4.58. The molecule has 102 valence electrons. The molecule has 0 radical (unpaired) electrons. The Hall–Kier alpha value is -2.49. The van der Waals surface area contributed by atoms with E-state index in [0.29, 0.717) is 0 Å². The second-order valence-corrected chi connectivity index (χ2v) is 4.96. The number of hydrogen-bond acceptors (Lipinski definition) is 4. The lowest BCUT2D eigenvalue weighted by Crippen LogP contribution is -2.06. The topological polar surface area (TPSA) is 64.1 Å². The number of fused-ring (bicyclic) bond motifs is 1. The van der Waals surface area contributed by atoms with Crippen LogP contribution in [0.1, 0.15) is 24.5 Å². The predicted molar refractivity (Wildman–Crippen MR) is 81.6 cm³/mol. The molecule has 0 amide bonds. The van der Waals surface area contributed by atoms with Gasteiger partial charge in [-0.3, -0.25) is 0 Å². The van der Waals surface area contributed by atoms with Crippen molar-refractivity contribution in [3.63, 3.8) is 0 Å². The van der Waals surface area contributed by atoms with Crippen LogP contribution in [0.4, 0.5) is 11.5 Å². The van der Waals surface area contributed by atoms with Gasteiger partial charge in [0.1, 0.15) is 17.3 Å². The van der Waals surface area contributed by atoms with E-state index in [1.807, 2.05) is 56.3 Å². The first-order valence-corrected chi connectivity index (χ1v) is 6.61. The third-order valence-electron chi connectivity index (χ3n) is 3.27. The van der Waals surface area contributed by atoms with Gasteiger partial charge in [-0.05, 0) is 56.3 Å². The van der Waals surface area contributed by atoms with Gasteiger partial charge >= 0.3 is 0 Å². The third-order valence-corrected chi connectivity index (χ3v) is 3.27. The zero-order valence-electron chi connectivity index (χ0n) is 11.6. The fourth-order valence-corrected chi connectivity index (χ4v) is 2.20. The maximum atomic E-state index is 5.77. The molecular weight excluding hydrogens is 250 g/mol. The van der Waals surface area contributed by atoms with E-state index >= 15 is 0 Å². The number of nitrogens with two attached hydrogens (primary N) is 1. The van der Waals surface area contributed by atoms with Gasteiger partial charge in [0, 0.05) is 11.1 Å². The normalized spacial score (nSPS) is 12.5. The molecular formula is C16H17N3O. The van der Waals surface area contributed by atoms with Crippen molar-refractivity contribution in [3.8, 4) is 0 Å². The Labute approximate surface area is 117 Å². The van der Waals surface area contributed by atoms with Crippen LogP contribution < -0.4 is 11.1 Å². The van der Waals surface area contributed by atoms with Crippen molar-refractivity contribution in [3.05, 3.63) is 54.0 Å². The lowest BCUT2D eigenvalue weighted by atomic mass is 10.2. The fourth-order valence-electron chi connectivity index (χ4n) is 2.20. The highest BCUT2D eigenvalue weighted by atomic mass is 16.3. The molecule has 3 rings (SSSR count). The minimum atomic E-state index is 0.0717. The first kappa shape index (κ1) is 12.5. The molecule has 2 aromatic heterocycles. The van der Waals surface area contributed by atoms with Crippen LogP contribution in [0, 0.1) is 6.92 Å². The summed E-state index contributed by atoms with van der Waals surface area (Å²) in [6, 6.07) is 13.7. The fraction of sp³-hybridized carbons (Fsp3) is 0.188. The van der Waals surface area contributed by atoms with Gasteiger partial charge in [-0.25, -0.2) is 4.98 Å². The second kappa shape index (κ2) is 4.89. The smallest absolute Gasteiger partial charge is 0.127 e. The summed E-state index contributed by atoms with van der Waals surface area (Å²) in [6.45, 7) is 3.99. The Kier molecular flexibility index (Phi) is 3.06. The summed E-state index contributed by atoms with van der Waals surface area (Å²) in [5.74, 6) is 2.64. The average molecular weight is 267 g/mol. The van der Waals surface area contributed by atoms with Crippen LogP contribution in [-0.2, 0) is 0 Å². The van der Waals surface area contributed by atoms with Crippen molar-refractivity contribution >= 4 is 22.4 Å². The molecule has 4 nitrogen and oxygen atoms in total. The SMILES string of the molecule is Cc1ccc(C(C)Nc2ccc3cc(N)ccc3n2)o1. The molecule has 3 N–H and O–H groups in total. The number of furan rings is 1. The Morgan fingerprint density at radius 1 is 1.15 bits per heavy atom. The van der Waals surface area contributed by atoms with Crippen molar-refractivity contribution in [1.82, 2.24) is 4.98 Å². The Bertz CT molecular complexity index is 748. The van der Waals surface area contributed by atoms with Crippen molar-refractivity contribution in [1.29, 1.82) is 0 Å². The molecule has 2 heterocycles. The Balaban J connectivity index is 1.85. The van der Waals surface area contributed by atoms with Gasteiger partial charge in [0.25, 0.3) is 0 Å². The first-order valence-electron chi connectivity index (χ1n) is 6.61. The minimum Gasteiger partial charge on any atom is -0.464 e. The Morgan fingerprint density at radius 3 is 2.75 bits per heavy atom. The third kappa shape index (κ3) is 2.45. The number of anilines is 2. The van der Waals surface area contributed by atoms with Gasteiger partial charge in [-0.2, -0.15) is 0 Å². The molecule has 0 aliphatic heterocycles. The average Bonchev–Trinajstić information content (AvgIpc) is 2.86. The molecule has 0 spiro atoms. The van der Waals surface area contributed by atoms with E-state index in [4.69, 9.17) is 10.2 Å². The summed E-state index contributed by atoms with van der Waals surface area (Å²) in [5, 5.41) is 4.38. The molecule has 0 saturated heterocycles. The van der Waals surface area contributed by atoms with E-state index in [1.54, 1.807) is 0 Å². The molecule has 0 saturated carbocycles. The summed E-state index contributed by atoms with van der Waals surface area (Å²) in [5.41, 5.74) is 7.44. The van der Waals surface area contributed by atoms with E-state index in [1.165, 1.54) is 0 Å². The zero-order chi connectivity index (χ0) is 14.1. The van der Waals surface area contributed by atoms with E-state index < -0.39 is 0 Å². The van der Waals surface area contributed by atoms with Crippen molar-refractivity contribution < 1.29 is 4.42 Å². The van der Waals surface area contributed by atoms with Gasteiger partial charge in [-0.1, -0.05) is 0 Å². The highest BCUT2D eigenvalue weighted by molar-refractivity contribution is 5.83. The summed E-state index contributed by atoms with van der Waals surface area (Å²) in [6.07, 6.45) is 0. The molecule has 0 aliphatic carbocycles.